The summed E-state index contributed by atoms with van der Waals surface area (Å²) < 4.78 is 23.9. The Balaban J connectivity index is 1.33. The van der Waals surface area contributed by atoms with Crippen molar-refractivity contribution >= 4 is 21.9 Å². The third-order valence-electron chi connectivity index (χ3n) is 6.71. The summed E-state index contributed by atoms with van der Waals surface area (Å²) in [5.41, 5.74) is 3.21. The van der Waals surface area contributed by atoms with Gasteiger partial charge in [0.05, 0.1) is 29.2 Å². The van der Waals surface area contributed by atoms with E-state index in [1.807, 2.05) is 42.1 Å². The van der Waals surface area contributed by atoms with Crippen molar-refractivity contribution in [3.05, 3.63) is 82.7 Å². The van der Waals surface area contributed by atoms with Gasteiger partial charge in [-0.25, -0.2) is 4.39 Å². The van der Waals surface area contributed by atoms with Gasteiger partial charge in [-0.15, -0.1) is 0 Å². The highest BCUT2D eigenvalue weighted by molar-refractivity contribution is 5.84. The molecule has 1 aliphatic heterocycles. The zero-order chi connectivity index (χ0) is 23.2. The number of hydrogen-bond donors (Lipinski definition) is 0. The molecule has 3 aromatic heterocycles. The van der Waals surface area contributed by atoms with E-state index >= 15 is 0 Å². The van der Waals surface area contributed by atoms with Crippen molar-refractivity contribution in [2.24, 2.45) is 0 Å². The van der Waals surface area contributed by atoms with Crippen molar-refractivity contribution in [3.63, 3.8) is 0 Å². The molecule has 0 radical (unpaired) electrons. The van der Waals surface area contributed by atoms with Crippen molar-refractivity contribution in [3.8, 4) is 17.0 Å². The average Bonchev–Trinajstić information content (AvgIpc) is 3.57. The smallest absolute Gasteiger partial charge is 0.266 e. The molecule has 1 saturated heterocycles. The van der Waals surface area contributed by atoms with Gasteiger partial charge in [-0.3, -0.25) is 14.0 Å². The van der Waals surface area contributed by atoms with Crippen molar-refractivity contribution in [1.82, 2.24) is 19.2 Å². The van der Waals surface area contributed by atoms with E-state index < -0.39 is 0 Å². The van der Waals surface area contributed by atoms with Gasteiger partial charge in [-0.1, -0.05) is 6.07 Å². The van der Waals surface area contributed by atoms with Gasteiger partial charge in [0.2, 0.25) is 0 Å². The molecule has 0 spiro atoms. The number of aromatic nitrogens is 3. The highest BCUT2D eigenvalue weighted by Gasteiger charge is 2.16. The van der Waals surface area contributed by atoms with E-state index in [-0.39, 0.29) is 11.4 Å². The van der Waals surface area contributed by atoms with Crippen LogP contribution in [0.5, 0.6) is 0 Å². The number of fused-ring (bicyclic) bond motifs is 2. The minimum Gasteiger partial charge on any atom is -0.456 e. The number of halogens is 1. The summed E-state index contributed by atoms with van der Waals surface area (Å²) in [5, 5.41) is 5.97. The summed E-state index contributed by atoms with van der Waals surface area (Å²) in [6, 6.07) is 14.3. The van der Waals surface area contributed by atoms with E-state index in [1.165, 1.54) is 32.0 Å². The Labute approximate surface area is 195 Å². The lowest BCUT2D eigenvalue weighted by molar-refractivity contribution is 0.318. The van der Waals surface area contributed by atoms with Gasteiger partial charge >= 0.3 is 0 Å². The maximum absolute atomic E-state index is 14.4. The molecule has 4 heterocycles. The average molecular weight is 457 g/mol. The van der Waals surface area contributed by atoms with Gasteiger partial charge in [0.25, 0.3) is 5.56 Å². The van der Waals surface area contributed by atoms with Gasteiger partial charge < -0.3 is 9.32 Å². The number of hydrogen-bond acceptors (Lipinski definition) is 4. The quantitative estimate of drug-likeness (QED) is 0.367. The Bertz CT molecular complexity index is 1570. The molecule has 1 aliphatic rings. The summed E-state index contributed by atoms with van der Waals surface area (Å²) in [6.07, 6.45) is 6.10. The molecule has 0 bridgehead atoms. The van der Waals surface area contributed by atoms with Crippen molar-refractivity contribution in [2.75, 3.05) is 19.6 Å². The van der Waals surface area contributed by atoms with E-state index in [4.69, 9.17) is 4.42 Å². The van der Waals surface area contributed by atoms with Gasteiger partial charge in [0.15, 0.2) is 0 Å². The summed E-state index contributed by atoms with van der Waals surface area (Å²) in [6.45, 7) is 6.02. The van der Waals surface area contributed by atoms with Crippen LogP contribution >= 0.6 is 0 Å². The van der Waals surface area contributed by atoms with Crippen LogP contribution in [0.1, 0.15) is 18.4 Å². The number of rotatable bonds is 5. The van der Waals surface area contributed by atoms with Crippen LogP contribution in [0.15, 0.2) is 70.1 Å². The molecule has 2 aromatic carbocycles. The normalized spacial score (nSPS) is 14.5. The predicted octanol–water partition coefficient (Wildman–Crippen LogP) is 5.14. The van der Waals surface area contributed by atoms with Crippen LogP contribution < -0.4 is 5.56 Å². The standard InChI is InChI=1S/C27H25FN4O2/c1-18-4-6-21(23(28)14-18)26-16-22-25(34-26)8-11-31(27(22)33)20-5-7-24-19(15-20)17-29-32(24)13-12-30-9-2-3-10-30/h4-8,11,14-17H,2-3,9-10,12-13H2,1H3. The monoisotopic (exact) mass is 456 g/mol. The summed E-state index contributed by atoms with van der Waals surface area (Å²) in [7, 11) is 0. The van der Waals surface area contributed by atoms with Crippen LogP contribution in [-0.4, -0.2) is 38.9 Å². The molecule has 0 amide bonds. The predicted molar refractivity (Wildman–Crippen MR) is 131 cm³/mol. The Morgan fingerprint density at radius 3 is 2.71 bits per heavy atom. The van der Waals surface area contributed by atoms with Crippen LogP contribution in [0, 0.1) is 12.7 Å². The molecule has 0 saturated carbocycles. The first-order valence-electron chi connectivity index (χ1n) is 11.7. The second-order valence-corrected chi connectivity index (χ2v) is 9.02. The number of nitrogens with zero attached hydrogens (tertiary/aromatic N) is 4. The second kappa shape index (κ2) is 8.25. The molecule has 5 aromatic rings. The van der Waals surface area contributed by atoms with Crippen molar-refractivity contribution < 1.29 is 8.81 Å². The molecule has 0 aliphatic carbocycles. The number of likely N-dealkylation sites (tertiary alicyclic amines) is 1. The fraction of sp³-hybridized carbons (Fsp3) is 0.259. The molecule has 0 atom stereocenters. The Hall–Kier alpha value is -3.71. The number of pyridine rings is 1. The molecule has 0 unspecified atom stereocenters. The highest BCUT2D eigenvalue weighted by Crippen LogP contribution is 2.29. The van der Waals surface area contributed by atoms with Crippen molar-refractivity contribution in [2.45, 2.75) is 26.3 Å². The van der Waals surface area contributed by atoms with Gasteiger partial charge in [0.1, 0.15) is 17.2 Å². The molecule has 0 N–H and O–H groups in total. The van der Waals surface area contributed by atoms with Crippen molar-refractivity contribution in [1.29, 1.82) is 0 Å². The minimum atomic E-state index is -0.369. The van der Waals surface area contributed by atoms with E-state index in [1.54, 1.807) is 29.0 Å². The molecule has 1 fully saturated rings. The fourth-order valence-corrected chi connectivity index (χ4v) is 4.84. The lowest BCUT2D eigenvalue weighted by Gasteiger charge is -2.14. The first-order valence-corrected chi connectivity index (χ1v) is 11.7. The number of furan rings is 1. The second-order valence-electron chi connectivity index (χ2n) is 9.02. The van der Waals surface area contributed by atoms with Crippen LogP contribution in [0.4, 0.5) is 4.39 Å². The largest absolute Gasteiger partial charge is 0.456 e. The van der Waals surface area contributed by atoms with E-state index in [9.17, 15) is 9.18 Å². The third kappa shape index (κ3) is 3.62. The van der Waals surface area contributed by atoms with E-state index in [0.29, 0.717) is 22.3 Å². The summed E-state index contributed by atoms with van der Waals surface area (Å²) in [5.74, 6) is -0.0244. The summed E-state index contributed by atoms with van der Waals surface area (Å²) >= 11 is 0. The highest BCUT2D eigenvalue weighted by atomic mass is 19.1. The first kappa shape index (κ1) is 20.9. The maximum atomic E-state index is 14.4. The van der Waals surface area contributed by atoms with Crippen LogP contribution in [-0.2, 0) is 6.54 Å². The molecule has 6 nitrogen and oxygen atoms in total. The SMILES string of the molecule is Cc1ccc(-c2cc3c(=O)n(-c4ccc5c(cnn5CCN5CCCC5)c4)ccc3o2)c(F)c1. The molecular formula is C27H25FN4O2. The fourth-order valence-electron chi connectivity index (χ4n) is 4.84. The number of benzene rings is 2. The lowest BCUT2D eigenvalue weighted by Crippen LogP contribution is -2.24. The van der Waals surface area contributed by atoms with Crippen LogP contribution in [0.3, 0.4) is 0 Å². The Morgan fingerprint density at radius 2 is 1.88 bits per heavy atom. The van der Waals surface area contributed by atoms with Crippen LogP contribution in [0.25, 0.3) is 38.9 Å². The van der Waals surface area contributed by atoms with Gasteiger partial charge in [-0.2, -0.15) is 5.10 Å². The van der Waals surface area contributed by atoms with Crippen LogP contribution in [0.2, 0.25) is 0 Å². The molecule has 6 rings (SSSR count). The van der Waals surface area contributed by atoms with Gasteiger partial charge in [0, 0.05) is 23.8 Å². The zero-order valence-corrected chi connectivity index (χ0v) is 19.0. The Kier molecular flexibility index (Phi) is 5.07. The minimum absolute atomic E-state index is 0.208. The van der Waals surface area contributed by atoms with E-state index in [0.717, 1.165) is 35.2 Å². The third-order valence-corrected chi connectivity index (χ3v) is 6.71. The van der Waals surface area contributed by atoms with Gasteiger partial charge in [-0.05, 0) is 80.9 Å². The lowest BCUT2D eigenvalue weighted by atomic mass is 10.1. The maximum Gasteiger partial charge on any atom is 0.266 e. The zero-order valence-electron chi connectivity index (χ0n) is 19.0. The molecule has 34 heavy (non-hydrogen) atoms. The summed E-state index contributed by atoms with van der Waals surface area (Å²) in [4.78, 5) is 15.8. The topological polar surface area (TPSA) is 56.2 Å². The number of aryl methyl sites for hydroxylation is 1. The molecule has 172 valence electrons. The molecule has 7 heteroatoms. The van der Waals surface area contributed by atoms with E-state index in [2.05, 4.69) is 10.00 Å². The first-order chi connectivity index (χ1) is 16.6. The molecular weight excluding hydrogens is 431 g/mol. The Morgan fingerprint density at radius 1 is 1.03 bits per heavy atom.